The van der Waals surface area contributed by atoms with Gasteiger partial charge in [0.1, 0.15) is 11.3 Å². The Kier molecular flexibility index (Phi) is 6.58. The highest BCUT2D eigenvalue weighted by Gasteiger charge is 2.24. The zero-order valence-corrected chi connectivity index (χ0v) is 20.5. The molecule has 7 heteroatoms. The molecule has 4 aromatic rings. The molecule has 0 amide bonds. The number of rotatable bonds is 5. The SMILES string of the molecule is COc1ccc(Cc2c(C)c(Cl)cc3oc(=O)c(OC(C)=O)c(-c4cccc(Br)c4)c23)cc1. The monoisotopic (exact) mass is 526 g/mol. The summed E-state index contributed by atoms with van der Waals surface area (Å²) in [7, 11) is 1.62. The molecule has 33 heavy (non-hydrogen) atoms. The van der Waals surface area contributed by atoms with Crippen molar-refractivity contribution in [1.29, 1.82) is 0 Å². The van der Waals surface area contributed by atoms with Crippen LogP contribution in [0.4, 0.5) is 0 Å². The third-order valence-electron chi connectivity index (χ3n) is 5.38. The Hall–Kier alpha value is -3.09. The zero-order valence-electron chi connectivity index (χ0n) is 18.2. The predicted octanol–water partition coefficient (Wildman–Crippen LogP) is 6.71. The highest BCUT2D eigenvalue weighted by Crippen LogP contribution is 2.41. The van der Waals surface area contributed by atoms with Crippen LogP contribution < -0.4 is 15.1 Å². The second kappa shape index (κ2) is 9.41. The average Bonchev–Trinajstić information content (AvgIpc) is 2.78. The molecule has 1 heterocycles. The van der Waals surface area contributed by atoms with Crippen molar-refractivity contribution < 1.29 is 18.7 Å². The summed E-state index contributed by atoms with van der Waals surface area (Å²) in [5, 5.41) is 1.15. The van der Waals surface area contributed by atoms with Gasteiger partial charge in [0, 0.05) is 33.4 Å². The van der Waals surface area contributed by atoms with Gasteiger partial charge in [0.15, 0.2) is 0 Å². The zero-order chi connectivity index (χ0) is 23.7. The summed E-state index contributed by atoms with van der Waals surface area (Å²) in [5.41, 5.74) is 3.50. The van der Waals surface area contributed by atoms with E-state index in [9.17, 15) is 9.59 Å². The minimum Gasteiger partial charge on any atom is -0.497 e. The Bertz CT molecular complexity index is 1420. The summed E-state index contributed by atoms with van der Waals surface area (Å²) in [6.07, 6.45) is 0.515. The van der Waals surface area contributed by atoms with E-state index < -0.39 is 11.6 Å². The minimum absolute atomic E-state index is 0.147. The minimum atomic E-state index is -0.747. The first-order chi connectivity index (χ1) is 15.8. The second-order valence-corrected chi connectivity index (χ2v) is 8.88. The molecular weight excluding hydrogens is 508 g/mol. The predicted molar refractivity (Wildman–Crippen MR) is 132 cm³/mol. The van der Waals surface area contributed by atoms with E-state index >= 15 is 0 Å². The van der Waals surface area contributed by atoms with Gasteiger partial charge in [-0.2, -0.15) is 0 Å². The van der Waals surface area contributed by atoms with Crippen molar-refractivity contribution in [2.24, 2.45) is 0 Å². The molecule has 1 aromatic heterocycles. The lowest BCUT2D eigenvalue weighted by Crippen LogP contribution is -2.13. The molecule has 0 bridgehead atoms. The Morgan fingerprint density at radius 3 is 2.48 bits per heavy atom. The van der Waals surface area contributed by atoms with Crippen LogP contribution in [0, 0.1) is 6.92 Å². The molecule has 0 aliphatic heterocycles. The smallest absolute Gasteiger partial charge is 0.380 e. The molecular formula is C26H20BrClO5. The summed E-state index contributed by atoms with van der Waals surface area (Å²) in [5.74, 6) is -0.00419. The first-order valence-electron chi connectivity index (χ1n) is 10.1. The number of carbonyl (C=O) groups excluding carboxylic acids is 1. The number of halogens is 2. The molecule has 0 atom stereocenters. The summed E-state index contributed by atoms with van der Waals surface area (Å²) < 4.78 is 17.0. The molecule has 0 unspecified atom stereocenters. The third kappa shape index (κ3) is 4.68. The summed E-state index contributed by atoms with van der Waals surface area (Å²) in [4.78, 5) is 24.7. The number of carbonyl (C=O) groups is 1. The van der Waals surface area contributed by atoms with E-state index in [1.165, 1.54) is 6.92 Å². The van der Waals surface area contributed by atoms with E-state index in [1.54, 1.807) is 13.2 Å². The van der Waals surface area contributed by atoms with Crippen molar-refractivity contribution in [3.63, 3.8) is 0 Å². The van der Waals surface area contributed by atoms with E-state index in [4.69, 9.17) is 25.5 Å². The van der Waals surface area contributed by atoms with Crippen LogP contribution in [0.15, 0.2) is 68.3 Å². The summed E-state index contributed by atoms with van der Waals surface area (Å²) >= 11 is 10.0. The van der Waals surface area contributed by atoms with Crippen LogP contribution in [0.5, 0.6) is 11.5 Å². The van der Waals surface area contributed by atoms with Crippen LogP contribution in [0.25, 0.3) is 22.1 Å². The van der Waals surface area contributed by atoms with E-state index in [-0.39, 0.29) is 5.75 Å². The number of methoxy groups -OCH3 is 1. The number of hydrogen-bond donors (Lipinski definition) is 0. The summed E-state index contributed by atoms with van der Waals surface area (Å²) in [6.45, 7) is 3.17. The Morgan fingerprint density at radius 2 is 1.85 bits per heavy atom. The third-order valence-corrected chi connectivity index (χ3v) is 6.27. The molecule has 0 aliphatic carbocycles. The van der Waals surface area contributed by atoms with Crippen molar-refractivity contribution in [1.82, 2.24) is 0 Å². The standard InChI is InChI=1S/C26H20BrClO5/c1-14-20(11-16-7-9-19(31-3)10-8-16)24-22(13-21(14)28)33-26(30)25(32-15(2)29)23(24)17-5-4-6-18(27)12-17/h4-10,12-13H,11H2,1-3H3. The topological polar surface area (TPSA) is 65.7 Å². The van der Waals surface area contributed by atoms with Gasteiger partial charge >= 0.3 is 11.6 Å². The van der Waals surface area contributed by atoms with Gasteiger partial charge in [-0.25, -0.2) is 4.79 Å². The van der Waals surface area contributed by atoms with E-state index in [0.29, 0.717) is 33.5 Å². The van der Waals surface area contributed by atoms with Gasteiger partial charge in [-0.15, -0.1) is 0 Å². The van der Waals surface area contributed by atoms with Gasteiger partial charge in [-0.3, -0.25) is 4.79 Å². The number of benzene rings is 3. The highest BCUT2D eigenvalue weighted by molar-refractivity contribution is 9.10. The highest BCUT2D eigenvalue weighted by atomic mass is 79.9. The Labute approximate surface area is 204 Å². The van der Waals surface area contributed by atoms with Gasteiger partial charge in [-0.1, -0.05) is 51.8 Å². The Balaban J connectivity index is 2.08. The van der Waals surface area contributed by atoms with Crippen molar-refractivity contribution in [2.75, 3.05) is 7.11 Å². The fraction of sp³-hybridized carbons (Fsp3) is 0.154. The lowest BCUT2D eigenvalue weighted by atomic mass is 9.91. The summed E-state index contributed by atoms with van der Waals surface area (Å²) in [6, 6.07) is 16.8. The molecule has 0 radical (unpaired) electrons. The molecule has 5 nitrogen and oxygen atoms in total. The fourth-order valence-electron chi connectivity index (χ4n) is 3.82. The van der Waals surface area contributed by atoms with Crippen LogP contribution in [-0.4, -0.2) is 13.1 Å². The van der Waals surface area contributed by atoms with Crippen molar-refractivity contribution >= 4 is 44.5 Å². The fourth-order valence-corrected chi connectivity index (χ4v) is 4.43. The van der Waals surface area contributed by atoms with Crippen molar-refractivity contribution in [3.05, 3.63) is 91.2 Å². The maximum absolute atomic E-state index is 12.9. The lowest BCUT2D eigenvalue weighted by Gasteiger charge is -2.17. The molecule has 0 saturated carbocycles. The molecule has 0 aliphatic rings. The number of hydrogen-bond acceptors (Lipinski definition) is 5. The molecule has 0 saturated heterocycles. The van der Waals surface area contributed by atoms with Crippen LogP contribution in [0.2, 0.25) is 5.02 Å². The first-order valence-corrected chi connectivity index (χ1v) is 11.3. The number of esters is 1. The van der Waals surface area contributed by atoms with Gasteiger partial charge in [0.25, 0.3) is 0 Å². The second-order valence-electron chi connectivity index (χ2n) is 7.56. The van der Waals surface area contributed by atoms with E-state index in [2.05, 4.69) is 15.9 Å². The Morgan fingerprint density at radius 1 is 1.12 bits per heavy atom. The number of ether oxygens (including phenoxy) is 2. The molecule has 0 N–H and O–H groups in total. The molecule has 4 rings (SSSR count). The average molecular weight is 528 g/mol. The lowest BCUT2D eigenvalue weighted by molar-refractivity contribution is -0.132. The normalized spacial score (nSPS) is 10.9. The van der Waals surface area contributed by atoms with E-state index in [1.807, 2.05) is 55.5 Å². The van der Waals surface area contributed by atoms with Gasteiger partial charge in [-0.05, 0) is 59.9 Å². The largest absolute Gasteiger partial charge is 0.497 e. The molecule has 0 spiro atoms. The van der Waals surface area contributed by atoms with Gasteiger partial charge in [0.05, 0.1) is 7.11 Å². The van der Waals surface area contributed by atoms with Crippen LogP contribution in [-0.2, 0) is 11.2 Å². The first kappa shape index (κ1) is 23.1. The van der Waals surface area contributed by atoms with Gasteiger partial charge < -0.3 is 13.9 Å². The molecule has 3 aromatic carbocycles. The molecule has 0 fully saturated rings. The quantitative estimate of drug-likeness (QED) is 0.213. The molecule has 168 valence electrons. The van der Waals surface area contributed by atoms with Crippen LogP contribution in [0.1, 0.15) is 23.6 Å². The van der Waals surface area contributed by atoms with Crippen LogP contribution in [0.3, 0.4) is 0 Å². The van der Waals surface area contributed by atoms with Crippen molar-refractivity contribution in [2.45, 2.75) is 20.3 Å². The number of fused-ring (bicyclic) bond motifs is 1. The maximum atomic E-state index is 12.9. The van der Waals surface area contributed by atoms with E-state index in [0.717, 1.165) is 26.9 Å². The maximum Gasteiger partial charge on any atom is 0.380 e. The van der Waals surface area contributed by atoms with Gasteiger partial charge in [0.2, 0.25) is 5.75 Å². The van der Waals surface area contributed by atoms with Crippen LogP contribution >= 0.6 is 27.5 Å². The van der Waals surface area contributed by atoms with Crippen molar-refractivity contribution in [3.8, 4) is 22.6 Å².